The third kappa shape index (κ3) is 6.36. The Bertz CT molecular complexity index is 342. The van der Waals surface area contributed by atoms with Crippen LogP contribution in [-0.2, 0) is 0 Å². The van der Waals surface area contributed by atoms with Crippen LogP contribution in [-0.4, -0.2) is 70.2 Å². The number of hydrogen-bond acceptors (Lipinski definition) is 1. The molecule has 0 aliphatic heterocycles. The van der Waals surface area contributed by atoms with Crippen molar-refractivity contribution < 1.29 is 9.90 Å². The molecule has 0 aliphatic carbocycles. The van der Waals surface area contributed by atoms with Crippen LogP contribution >= 0.6 is 0 Å². The zero-order valence-electron chi connectivity index (χ0n) is 7.10. The molecular formula is C11H12Na2O2. The van der Waals surface area contributed by atoms with Gasteiger partial charge in [0.05, 0.1) is 5.56 Å². The van der Waals surface area contributed by atoms with Crippen LogP contribution in [0.4, 0.5) is 0 Å². The fourth-order valence-corrected chi connectivity index (χ4v) is 0.916. The average molecular weight is 222 g/mol. The second-order valence-electron chi connectivity index (χ2n) is 2.52. The number of allylic oxidation sites excluding steroid dienone is 2. The Morgan fingerprint density at radius 1 is 1.20 bits per heavy atom. The molecule has 1 aromatic rings. The Balaban J connectivity index is 0. The van der Waals surface area contributed by atoms with Crippen LogP contribution in [0.2, 0.25) is 0 Å². The van der Waals surface area contributed by atoms with Gasteiger partial charge < -0.3 is 5.11 Å². The number of aromatic carboxylic acids is 1. The van der Waals surface area contributed by atoms with E-state index >= 15 is 0 Å². The summed E-state index contributed by atoms with van der Waals surface area (Å²) in [6.07, 6.45) is 5.33. The van der Waals surface area contributed by atoms with Gasteiger partial charge in [-0.05, 0) is 17.7 Å². The quantitative estimate of drug-likeness (QED) is 0.618. The summed E-state index contributed by atoms with van der Waals surface area (Å²) in [5.74, 6) is -0.903. The van der Waals surface area contributed by atoms with Crippen LogP contribution in [0.25, 0.3) is 6.08 Å². The molecular weight excluding hydrogens is 210 g/mol. The van der Waals surface area contributed by atoms with Gasteiger partial charge in [0, 0.05) is 0 Å². The summed E-state index contributed by atoms with van der Waals surface area (Å²) in [6, 6.07) is 6.66. The molecule has 0 atom stereocenters. The van der Waals surface area contributed by atoms with Crippen molar-refractivity contribution in [1.29, 1.82) is 0 Å². The monoisotopic (exact) mass is 222 g/mol. The van der Waals surface area contributed by atoms with Crippen molar-refractivity contribution in [2.45, 2.75) is 0 Å². The fourth-order valence-electron chi connectivity index (χ4n) is 0.916. The second-order valence-corrected chi connectivity index (χ2v) is 2.52. The van der Waals surface area contributed by atoms with Crippen molar-refractivity contribution in [1.82, 2.24) is 0 Å². The number of carbonyl (C=O) groups is 1. The van der Waals surface area contributed by atoms with Crippen LogP contribution in [0.5, 0.6) is 0 Å². The zero-order valence-corrected chi connectivity index (χ0v) is 7.10. The third-order valence-corrected chi connectivity index (χ3v) is 1.58. The summed E-state index contributed by atoms with van der Waals surface area (Å²) < 4.78 is 0. The van der Waals surface area contributed by atoms with E-state index in [1.165, 1.54) is 0 Å². The molecule has 0 saturated heterocycles. The minimum absolute atomic E-state index is 0. The van der Waals surface area contributed by atoms with Crippen LogP contribution in [0, 0.1) is 0 Å². The first kappa shape index (κ1) is 17.6. The summed E-state index contributed by atoms with van der Waals surface area (Å²) in [5.41, 5.74) is 1.26. The van der Waals surface area contributed by atoms with E-state index in [1.807, 2.05) is 6.08 Å². The maximum atomic E-state index is 10.5. The first-order valence-corrected chi connectivity index (χ1v) is 3.86. The standard InChI is InChI=1S/C11H10O2.2Na.2H/c1-2-3-4-9-5-7-10(8-6-9)11(12)13;;;;/h2-8H,1H2,(H,12,13);;;;. The summed E-state index contributed by atoms with van der Waals surface area (Å²) in [5, 5.41) is 8.62. The van der Waals surface area contributed by atoms with Crippen LogP contribution < -0.4 is 0 Å². The van der Waals surface area contributed by atoms with Crippen molar-refractivity contribution in [3.63, 3.8) is 0 Å². The molecule has 0 radical (unpaired) electrons. The van der Waals surface area contributed by atoms with Gasteiger partial charge in [-0.1, -0.05) is 36.9 Å². The van der Waals surface area contributed by atoms with Gasteiger partial charge in [0.2, 0.25) is 0 Å². The Hall–Kier alpha value is 0.170. The third-order valence-electron chi connectivity index (χ3n) is 1.58. The molecule has 0 aromatic heterocycles. The van der Waals surface area contributed by atoms with Gasteiger partial charge in [-0.3, -0.25) is 0 Å². The minimum atomic E-state index is -0.903. The van der Waals surface area contributed by atoms with Crippen molar-refractivity contribution in [2.24, 2.45) is 0 Å². The Labute approximate surface area is 134 Å². The van der Waals surface area contributed by atoms with E-state index in [0.29, 0.717) is 5.56 Å². The topological polar surface area (TPSA) is 37.3 Å². The predicted octanol–water partition coefficient (Wildman–Crippen LogP) is 1.29. The first-order valence-electron chi connectivity index (χ1n) is 3.86. The van der Waals surface area contributed by atoms with Gasteiger partial charge in [0.25, 0.3) is 0 Å². The molecule has 1 aromatic carbocycles. The van der Waals surface area contributed by atoms with Crippen LogP contribution in [0.15, 0.2) is 43.0 Å². The molecule has 70 valence electrons. The molecule has 0 heterocycles. The molecule has 0 spiro atoms. The Morgan fingerprint density at radius 2 is 1.73 bits per heavy atom. The van der Waals surface area contributed by atoms with Gasteiger partial charge in [-0.15, -0.1) is 0 Å². The molecule has 0 bridgehead atoms. The van der Waals surface area contributed by atoms with E-state index < -0.39 is 5.97 Å². The van der Waals surface area contributed by atoms with Gasteiger partial charge in [-0.25, -0.2) is 4.79 Å². The summed E-state index contributed by atoms with van der Waals surface area (Å²) in [4.78, 5) is 10.5. The molecule has 2 nitrogen and oxygen atoms in total. The van der Waals surface area contributed by atoms with E-state index in [-0.39, 0.29) is 59.1 Å². The van der Waals surface area contributed by atoms with E-state index in [9.17, 15) is 4.79 Å². The van der Waals surface area contributed by atoms with Crippen LogP contribution in [0.1, 0.15) is 15.9 Å². The molecule has 0 saturated carbocycles. The first-order chi connectivity index (χ1) is 6.24. The fraction of sp³-hybridized carbons (Fsp3) is 0. The molecule has 1 N–H and O–H groups in total. The molecule has 0 amide bonds. The number of carboxylic acids is 1. The molecule has 0 unspecified atom stereocenters. The zero-order chi connectivity index (χ0) is 9.68. The SMILES string of the molecule is C=CC=Cc1ccc(C(=O)O)cc1.[NaH].[NaH]. The number of hydrogen-bond donors (Lipinski definition) is 1. The van der Waals surface area contributed by atoms with Crippen molar-refractivity contribution in [3.8, 4) is 0 Å². The van der Waals surface area contributed by atoms with Crippen molar-refractivity contribution in [2.75, 3.05) is 0 Å². The maximum absolute atomic E-state index is 10.5. The Kier molecular flexibility index (Phi) is 11.0. The number of benzene rings is 1. The molecule has 1 rings (SSSR count). The average Bonchev–Trinajstić information content (AvgIpc) is 2.15. The summed E-state index contributed by atoms with van der Waals surface area (Å²) >= 11 is 0. The van der Waals surface area contributed by atoms with Crippen molar-refractivity contribution >= 4 is 71.2 Å². The van der Waals surface area contributed by atoms with E-state index in [1.54, 1.807) is 36.4 Å². The van der Waals surface area contributed by atoms with Gasteiger partial charge in [0.15, 0.2) is 0 Å². The van der Waals surface area contributed by atoms with Crippen molar-refractivity contribution in [3.05, 3.63) is 54.1 Å². The molecule has 0 fully saturated rings. The Morgan fingerprint density at radius 3 is 2.13 bits per heavy atom. The van der Waals surface area contributed by atoms with E-state index in [2.05, 4.69) is 6.58 Å². The summed E-state index contributed by atoms with van der Waals surface area (Å²) in [7, 11) is 0. The van der Waals surface area contributed by atoms with E-state index in [4.69, 9.17) is 5.11 Å². The van der Waals surface area contributed by atoms with Gasteiger partial charge in [-0.2, -0.15) is 0 Å². The van der Waals surface area contributed by atoms with E-state index in [0.717, 1.165) is 5.56 Å². The second kappa shape index (κ2) is 9.40. The van der Waals surface area contributed by atoms with Crippen LogP contribution in [0.3, 0.4) is 0 Å². The van der Waals surface area contributed by atoms with Gasteiger partial charge in [0.1, 0.15) is 0 Å². The number of rotatable bonds is 3. The van der Waals surface area contributed by atoms with Gasteiger partial charge >= 0.3 is 65.1 Å². The molecule has 4 heteroatoms. The predicted molar refractivity (Wildman–Crippen MR) is 66.9 cm³/mol. The number of carboxylic acid groups (broad SMARTS) is 1. The molecule has 0 aliphatic rings. The molecule has 15 heavy (non-hydrogen) atoms. The summed E-state index contributed by atoms with van der Waals surface area (Å²) in [6.45, 7) is 3.54. The normalized spacial score (nSPS) is 8.80.